The van der Waals surface area contributed by atoms with Gasteiger partial charge in [0.05, 0.1) is 12.6 Å². The molecule has 21 heavy (non-hydrogen) atoms. The second-order valence-corrected chi connectivity index (χ2v) is 4.72. The molecular weight excluding hydrogens is 280 g/mol. The first-order chi connectivity index (χ1) is 9.83. The number of hydrogen-bond donors (Lipinski definition) is 6. The molecule has 0 rings (SSSR count). The number of carbonyl (C=O) groups excluding carboxylic acids is 2. The summed E-state index contributed by atoms with van der Waals surface area (Å²) in [5.74, 6) is -2.57. The van der Waals surface area contributed by atoms with Crippen LogP contribution in [0.1, 0.15) is 26.2 Å². The summed E-state index contributed by atoms with van der Waals surface area (Å²) in [6.45, 7) is 1.21. The van der Waals surface area contributed by atoms with Crippen LogP contribution in [0.4, 0.5) is 0 Å². The molecule has 3 unspecified atom stereocenters. The quantitative estimate of drug-likeness (QED) is 0.243. The Kier molecular flexibility index (Phi) is 9.26. The predicted octanol–water partition coefficient (Wildman–Crippen LogP) is -2.49. The van der Waals surface area contributed by atoms with Gasteiger partial charge >= 0.3 is 5.97 Å². The standard InChI is InChI=1S/C12H24N4O5/c1-7(14)10(18)16-9(6-17)11(19)15-8(12(20)21)4-2-3-5-13/h7-9,17H,2-6,13-14H2,1H3,(H,15,19)(H,16,18)(H,20,21). The summed E-state index contributed by atoms with van der Waals surface area (Å²) in [4.78, 5) is 34.3. The Morgan fingerprint density at radius 3 is 2.10 bits per heavy atom. The summed E-state index contributed by atoms with van der Waals surface area (Å²) >= 11 is 0. The van der Waals surface area contributed by atoms with E-state index in [0.717, 1.165) is 0 Å². The third-order valence-corrected chi connectivity index (χ3v) is 2.79. The molecule has 0 radical (unpaired) electrons. The number of carbonyl (C=O) groups is 3. The summed E-state index contributed by atoms with van der Waals surface area (Å²) in [5, 5.41) is 22.7. The van der Waals surface area contributed by atoms with Crippen LogP contribution < -0.4 is 22.1 Å². The molecule has 122 valence electrons. The number of aliphatic hydroxyl groups excluding tert-OH is 1. The van der Waals surface area contributed by atoms with Gasteiger partial charge in [0.1, 0.15) is 12.1 Å². The molecule has 0 saturated heterocycles. The van der Waals surface area contributed by atoms with Crippen molar-refractivity contribution >= 4 is 17.8 Å². The molecule has 2 amide bonds. The number of rotatable bonds is 10. The largest absolute Gasteiger partial charge is 0.480 e. The molecular formula is C12H24N4O5. The molecule has 9 heteroatoms. The van der Waals surface area contributed by atoms with Crippen LogP contribution >= 0.6 is 0 Å². The zero-order valence-electron chi connectivity index (χ0n) is 12.0. The fourth-order valence-electron chi connectivity index (χ4n) is 1.52. The van der Waals surface area contributed by atoms with Crippen LogP contribution in [0, 0.1) is 0 Å². The van der Waals surface area contributed by atoms with Crippen LogP contribution in [0.5, 0.6) is 0 Å². The maximum atomic E-state index is 11.9. The van der Waals surface area contributed by atoms with Crippen molar-refractivity contribution in [2.24, 2.45) is 11.5 Å². The van der Waals surface area contributed by atoms with Crippen LogP contribution in [0.3, 0.4) is 0 Å². The molecule has 0 aliphatic heterocycles. The fourth-order valence-corrected chi connectivity index (χ4v) is 1.52. The third-order valence-electron chi connectivity index (χ3n) is 2.79. The van der Waals surface area contributed by atoms with E-state index in [1.807, 2.05) is 0 Å². The van der Waals surface area contributed by atoms with E-state index < -0.39 is 42.5 Å². The van der Waals surface area contributed by atoms with Crippen molar-refractivity contribution < 1.29 is 24.6 Å². The molecule has 0 fully saturated rings. The van der Waals surface area contributed by atoms with Crippen LogP contribution in [0.15, 0.2) is 0 Å². The van der Waals surface area contributed by atoms with Gasteiger partial charge in [-0.25, -0.2) is 4.79 Å². The van der Waals surface area contributed by atoms with Gasteiger partial charge in [-0.15, -0.1) is 0 Å². The molecule has 0 bridgehead atoms. The lowest BCUT2D eigenvalue weighted by atomic mass is 10.1. The second-order valence-electron chi connectivity index (χ2n) is 4.72. The van der Waals surface area contributed by atoms with Gasteiger partial charge < -0.3 is 32.3 Å². The molecule has 0 aliphatic rings. The number of aliphatic carboxylic acids is 1. The highest BCUT2D eigenvalue weighted by Crippen LogP contribution is 2.01. The Morgan fingerprint density at radius 2 is 1.67 bits per heavy atom. The molecule has 0 heterocycles. The van der Waals surface area contributed by atoms with E-state index in [1.54, 1.807) is 0 Å². The van der Waals surface area contributed by atoms with Crippen molar-refractivity contribution in [2.75, 3.05) is 13.2 Å². The van der Waals surface area contributed by atoms with Crippen molar-refractivity contribution in [1.29, 1.82) is 0 Å². The molecule has 0 aliphatic carbocycles. The van der Waals surface area contributed by atoms with E-state index in [-0.39, 0.29) is 6.42 Å². The van der Waals surface area contributed by atoms with Crippen molar-refractivity contribution in [1.82, 2.24) is 10.6 Å². The van der Waals surface area contributed by atoms with Gasteiger partial charge in [-0.3, -0.25) is 9.59 Å². The van der Waals surface area contributed by atoms with Crippen molar-refractivity contribution in [3.05, 3.63) is 0 Å². The lowest BCUT2D eigenvalue weighted by Crippen LogP contribution is -2.55. The zero-order valence-corrected chi connectivity index (χ0v) is 12.0. The number of carboxylic acids is 1. The third kappa shape index (κ3) is 7.59. The molecule has 9 nitrogen and oxygen atoms in total. The monoisotopic (exact) mass is 304 g/mol. The number of nitrogens with two attached hydrogens (primary N) is 2. The maximum Gasteiger partial charge on any atom is 0.326 e. The lowest BCUT2D eigenvalue weighted by molar-refractivity contribution is -0.142. The van der Waals surface area contributed by atoms with Crippen molar-refractivity contribution in [2.45, 2.75) is 44.3 Å². The molecule has 0 aromatic heterocycles. The van der Waals surface area contributed by atoms with E-state index in [1.165, 1.54) is 6.92 Å². The average Bonchev–Trinajstić information content (AvgIpc) is 2.42. The van der Waals surface area contributed by atoms with Crippen LogP contribution in [-0.4, -0.2) is 59.3 Å². The van der Waals surface area contributed by atoms with Gasteiger partial charge in [0.25, 0.3) is 0 Å². The Balaban J connectivity index is 4.55. The minimum absolute atomic E-state index is 0.220. The van der Waals surface area contributed by atoms with Crippen molar-refractivity contribution in [3.8, 4) is 0 Å². The fraction of sp³-hybridized carbons (Fsp3) is 0.750. The Bertz CT molecular complexity index is 362. The van der Waals surface area contributed by atoms with Gasteiger partial charge in [-0.1, -0.05) is 0 Å². The van der Waals surface area contributed by atoms with Crippen LogP contribution in [0.2, 0.25) is 0 Å². The molecule has 3 atom stereocenters. The number of carboxylic acid groups (broad SMARTS) is 1. The number of amides is 2. The van der Waals surface area contributed by atoms with Gasteiger partial charge in [0, 0.05) is 0 Å². The second kappa shape index (κ2) is 10.1. The van der Waals surface area contributed by atoms with E-state index >= 15 is 0 Å². The average molecular weight is 304 g/mol. The smallest absolute Gasteiger partial charge is 0.326 e. The predicted molar refractivity (Wildman–Crippen MR) is 75.1 cm³/mol. The van der Waals surface area contributed by atoms with E-state index in [9.17, 15) is 14.4 Å². The van der Waals surface area contributed by atoms with Crippen LogP contribution in [0.25, 0.3) is 0 Å². The SMILES string of the molecule is CC(N)C(=O)NC(CO)C(=O)NC(CCCCN)C(=O)O. The summed E-state index contributed by atoms with van der Waals surface area (Å²) in [6, 6.07) is -3.17. The highest BCUT2D eigenvalue weighted by Gasteiger charge is 2.26. The Hall–Kier alpha value is -1.71. The van der Waals surface area contributed by atoms with Gasteiger partial charge in [0.15, 0.2) is 0 Å². The zero-order chi connectivity index (χ0) is 16.4. The summed E-state index contributed by atoms with van der Waals surface area (Å²) in [6.07, 6.45) is 1.41. The Labute approximate surface area is 123 Å². The van der Waals surface area contributed by atoms with Crippen LogP contribution in [-0.2, 0) is 14.4 Å². The summed E-state index contributed by atoms with van der Waals surface area (Å²) in [7, 11) is 0. The first kappa shape index (κ1) is 19.3. The van der Waals surface area contributed by atoms with Gasteiger partial charge in [-0.05, 0) is 32.7 Å². The van der Waals surface area contributed by atoms with E-state index in [2.05, 4.69) is 10.6 Å². The topological polar surface area (TPSA) is 168 Å². The molecule has 0 aromatic carbocycles. The lowest BCUT2D eigenvalue weighted by Gasteiger charge is -2.20. The normalized spacial score (nSPS) is 14.9. The number of hydrogen-bond acceptors (Lipinski definition) is 6. The van der Waals surface area contributed by atoms with Gasteiger partial charge in [-0.2, -0.15) is 0 Å². The maximum absolute atomic E-state index is 11.9. The van der Waals surface area contributed by atoms with E-state index in [0.29, 0.717) is 19.4 Å². The number of nitrogens with one attached hydrogen (secondary N) is 2. The highest BCUT2D eigenvalue weighted by atomic mass is 16.4. The van der Waals surface area contributed by atoms with E-state index in [4.69, 9.17) is 21.7 Å². The highest BCUT2D eigenvalue weighted by molar-refractivity contribution is 5.91. The number of aliphatic hydroxyl groups is 1. The minimum Gasteiger partial charge on any atom is -0.480 e. The molecule has 0 saturated carbocycles. The molecule has 0 aromatic rings. The number of unbranched alkanes of at least 4 members (excludes halogenated alkanes) is 1. The summed E-state index contributed by atoms with van der Waals surface area (Å²) < 4.78 is 0. The molecule has 8 N–H and O–H groups in total. The first-order valence-electron chi connectivity index (χ1n) is 6.73. The Morgan fingerprint density at radius 1 is 1.10 bits per heavy atom. The van der Waals surface area contributed by atoms with Crippen molar-refractivity contribution in [3.63, 3.8) is 0 Å². The minimum atomic E-state index is -1.24. The first-order valence-corrected chi connectivity index (χ1v) is 6.73. The van der Waals surface area contributed by atoms with Gasteiger partial charge in [0.2, 0.25) is 11.8 Å². The molecule has 0 spiro atoms. The summed E-state index contributed by atoms with van der Waals surface area (Å²) in [5.41, 5.74) is 10.7.